The van der Waals surface area contributed by atoms with Crippen molar-refractivity contribution in [2.24, 2.45) is 0 Å². The molecular weight excluding hydrogens is 1400 g/mol. The molecule has 0 spiro atoms. The van der Waals surface area contributed by atoms with Gasteiger partial charge in [0.15, 0.2) is 12.2 Å². The summed E-state index contributed by atoms with van der Waals surface area (Å²) < 4.78 is 68.4. The van der Waals surface area contributed by atoms with Crippen molar-refractivity contribution in [2.75, 3.05) is 39.6 Å². The van der Waals surface area contributed by atoms with E-state index in [0.29, 0.717) is 38.5 Å². The number of aliphatic hydroxyl groups excluding tert-OH is 1. The number of carbonyl (C=O) groups excluding carboxylic acids is 4. The molecule has 0 aromatic heterocycles. The molecule has 0 heterocycles. The Bertz CT molecular complexity index is 2860. The first-order valence-corrected chi connectivity index (χ1v) is 43.3. The summed E-state index contributed by atoms with van der Waals surface area (Å²) in [5.74, 6) is -2.43. The summed E-state index contributed by atoms with van der Waals surface area (Å²) in [6.45, 7) is 4.27. The van der Waals surface area contributed by atoms with E-state index in [1.807, 2.05) is 36.5 Å². The summed E-state index contributed by atoms with van der Waals surface area (Å²) in [4.78, 5) is 73.0. The summed E-state index contributed by atoms with van der Waals surface area (Å²) in [6, 6.07) is 0. The molecule has 5 unspecified atom stereocenters. The number of ether oxygens (including phenoxy) is 4. The van der Waals surface area contributed by atoms with Crippen LogP contribution in [0.1, 0.15) is 272 Å². The number of phosphoric ester groups is 2. The molecule has 0 rings (SSSR count). The molecule has 0 bridgehead atoms. The highest BCUT2D eigenvalue weighted by molar-refractivity contribution is 7.47. The van der Waals surface area contributed by atoms with Gasteiger partial charge >= 0.3 is 39.5 Å². The van der Waals surface area contributed by atoms with Gasteiger partial charge in [-0.15, -0.1) is 0 Å². The second-order valence-electron chi connectivity index (χ2n) is 25.9. The molecule has 0 aliphatic heterocycles. The van der Waals surface area contributed by atoms with Crippen molar-refractivity contribution in [2.45, 2.75) is 290 Å². The predicted molar refractivity (Wildman–Crippen MR) is 445 cm³/mol. The van der Waals surface area contributed by atoms with E-state index in [-0.39, 0.29) is 25.7 Å². The molecule has 108 heavy (non-hydrogen) atoms. The van der Waals surface area contributed by atoms with E-state index >= 15 is 0 Å². The van der Waals surface area contributed by atoms with Crippen molar-refractivity contribution in [3.05, 3.63) is 207 Å². The number of esters is 4. The Balaban J connectivity index is 5.55. The summed E-state index contributed by atoms with van der Waals surface area (Å²) in [6.07, 6.45) is 98.4. The van der Waals surface area contributed by atoms with Gasteiger partial charge in [0.25, 0.3) is 0 Å². The Hall–Kier alpha value is -6.36. The molecule has 0 saturated carbocycles. The molecule has 0 amide bonds. The smallest absolute Gasteiger partial charge is 0.462 e. The molecule has 0 aromatic carbocycles. The van der Waals surface area contributed by atoms with Gasteiger partial charge in [-0.2, -0.15) is 0 Å². The van der Waals surface area contributed by atoms with E-state index in [9.17, 15) is 43.2 Å². The van der Waals surface area contributed by atoms with Crippen molar-refractivity contribution in [1.29, 1.82) is 0 Å². The van der Waals surface area contributed by atoms with E-state index < -0.39 is 97.5 Å². The average molecular weight is 1540 g/mol. The third kappa shape index (κ3) is 77.8. The minimum absolute atomic E-state index is 0.0109. The average Bonchev–Trinajstić information content (AvgIpc) is 0.892. The van der Waals surface area contributed by atoms with Crippen LogP contribution in [-0.4, -0.2) is 96.7 Å². The number of rotatable bonds is 73. The lowest BCUT2D eigenvalue weighted by Gasteiger charge is -2.21. The van der Waals surface area contributed by atoms with Crippen molar-refractivity contribution in [3.8, 4) is 0 Å². The SMILES string of the molecule is CC/C=C\C/C=C\C/C=C\C/C=C\C/C=C\C/C=C\CCC(=O)OCC(COP(=O)(O)OCC(O)COP(=O)(O)OCC(COC(=O)CCCCCC/C=C\C/C=C\C/C=C\C/C=C\CC)OC(=O)CCCCCCC/C=C\CCCCCC)OC(=O)CC/C=C\C/C=C\C/C=C\C/C=C\C/C=C\C/C=C\CC. The van der Waals surface area contributed by atoms with Gasteiger partial charge < -0.3 is 33.8 Å². The molecule has 5 atom stereocenters. The quantitative estimate of drug-likeness (QED) is 0.0169. The summed E-state index contributed by atoms with van der Waals surface area (Å²) >= 11 is 0. The molecule has 17 nitrogen and oxygen atoms in total. The van der Waals surface area contributed by atoms with Gasteiger partial charge in [0.1, 0.15) is 19.3 Å². The monoisotopic (exact) mass is 1540 g/mol. The van der Waals surface area contributed by atoms with Crippen LogP contribution < -0.4 is 0 Å². The number of allylic oxidation sites excluding steroid dienone is 34. The maximum absolute atomic E-state index is 13.1. The minimum atomic E-state index is -5.03. The third-order valence-electron chi connectivity index (χ3n) is 15.8. The number of hydrogen-bond acceptors (Lipinski definition) is 15. The number of unbranched alkanes of at least 4 members (excludes halogenated alkanes) is 13. The van der Waals surface area contributed by atoms with Crippen LogP contribution in [0.4, 0.5) is 0 Å². The van der Waals surface area contributed by atoms with Gasteiger partial charge in [0.2, 0.25) is 0 Å². The Labute approximate surface area is 652 Å². The molecule has 0 aliphatic rings. The maximum atomic E-state index is 13.1. The Kier molecular flexibility index (Phi) is 74.1. The van der Waals surface area contributed by atoms with Gasteiger partial charge in [-0.3, -0.25) is 37.3 Å². The van der Waals surface area contributed by atoms with E-state index in [1.54, 1.807) is 0 Å². The molecular formula is C89H140O17P2. The van der Waals surface area contributed by atoms with Crippen LogP contribution in [0.3, 0.4) is 0 Å². The second kappa shape index (κ2) is 78.8. The lowest BCUT2D eigenvalue weighted by Crippen LogP contribution is -2.30. The summed E-state index contributed by atoms with van der Waals surface area (Å²) in [5.41, 5.74) is 0. The fraction of sp³-hybridized carbons (Fsp3) is 0.573. The first-order valence-electron chi connectivity index (χ1n) is 40.3. The first-order chi connectivity index (χ1) is 52.7. The maximum Gasteiger partial charge on any atom is 0.472 e. The Morgan fingerprint density at radius 2 is 0.500 bits per heavy atom. The highest BCUT2D eigenvalue weighted by Gasteiger charge is 2.30. The fourth-order valence-electron chi connectivity index (χ4n) is 9.73. The molecule has 0 aromatic rings. The number of aliphatic hydroxyl groups is 1. The van der Waals surface area contributed by atoms with E-state index in [1.165, 1.54) is 25.7 Å². The van der Waals surface area contributed by atoms with E-state index in [0.717, 1.165) is 154 Å². The van der Waals surface area contributed by atoms with Gasteiger partial charge in [-0.25, -0.2) is 9.13 Å². The zero-order chi connectivity index (χ0) is 78.9. The fourth-order valence-corrected chi connectivity index (χ4v) is 11.3. The molecule has 19 heteroatoms. The standard InChI is InChI=1S/C89H140O17P2/c1-5-9-13-17-21-25-29-33-36-39-41-44-47-51-54-58-62-66-70-74-87(92)100-80-85(106-89(94)76-72-68-64-60-56-52-48-45-42-40-37-34-30-26-22-18-14-10-6-2)82-104-108(97,98)102-78-83(90)77-101-107(95,96)103-81-84(105-88(93)75-71-67-63-59-55-49-32-28-24-20-16-12-8-4)79-99-86(91)73-69-65-61-57-53-50-46-43-38-35-31-27-23-19-15-11-7-3/h9-11,13-15,21-23,25-28,32-38,41-42,44-46,50-52,54,56,62,64,66,68,83-85,90H,5-8,12,16-20,24,29-31,39-40,43,47-49,53,55,57-61,63,65,67,69-82H2,1-4H3,(H,95,96)(H,97,98)/b13-9-,14-10-,15-11-,25-21-,26-22-,27-23-,32-28-,36-33-,37-34-,38-35-,44-41-,45-42-,50-46-,54-51-,56-52-,66-62-,68-64-. The normalized spacial score (nSPS) is 14.9. The van der Waals surface area contributed by atoms with Crippen LogP contribution in [0, 0.1) is 0 Å². The van der Waals surface area contributed by atoms with Crippen LogP contribution in [0.25, 0.3) is 0 Å². The van der Waals surface area contributed by atoms with Crippen molar-refractivity contribution in [3.63, 3.8) is 0 Å². The van der Waals surface area contributed by atoms with Gasteiger partial charge in [0.05, 0.1) is 26.4 Å². The number of carbonyl (C=O) groups is 4. The highest BCUT2D eigenvalue weighted by Crippen LogP contribution is 2.45. The summed E-state index contributed by atoms with van der Waals surface area (Å²) in [5, 5.41) is 10.6. The lowest BCUT2D eigenvalue weighted by molar-refractivity contribution is -0.161. The highest BCUT2D eigenvalue weighted by atomic mass is 31.2. The predicted octanol–water partition coefficient (Wildman–Crippen LogP) is 23.9. The lowest BCUT2D eigenvalue weighted by atomic mass is 10.1. The molecule has 0 aliphatic carbocycles. The number of phosphoric acid groups is 2. The van der Waals surface area contributed by atoms with E-state index in [4.69, 9.17) is 37.0 Å². The van der Waals surface area contributed by atoms with Crippen LogP contribution in [0.2, 0.25) is 0 Å². The first kappa shape index (κ1) is 102. The van der Waals surface area contributed by atoms with Crippen LogP contribution in [0.5, 0.6) is 0 Å². The summed E-state index contributed by atoms with van der Waals surface area (Å²) in [7, 11) is -10.0. The largest absolute Gasteiger partial charge is 0.472 e. The molecule has 0 fully saturated rings. The van der Waals surface area contributed by atoms with Gasteiger partial charge in [-0.05, 0) is 167 Å². The molecule has 608 valence electrons. The van der Waals surface area contributed by atoms with Crippen LogP contribution >= 0.6 is 15.6 Å². The zero-order valence-corrected chi connectivity index (χ0v) is 68.2. The Morgan fingerprint density at radius 3 is 0.824 bits per heavy atom. The zero-order valence-electron chi connectivity index (χ0n) is 66.4. The van der Waals surface area contributed by atoms with Crippen molar-refractivity contribution >= 4 is 39.5 Å². The van der Waals surface area contributed by atoms with Crippen LogP contribution in [0.15, 0.2) is 207 Å². The topological polar surface area (TPSA) is 237 Å². The van der Waals surface area contributed by atoms with Gasteiger partial charge in [0, 0.05) is 25.7 Å². The molecule has 0 radical (unpaired) electrons. The van der Waals surface area contributed by atoms with E-state index in [2.05, 4.69) is 198 Å². The second-order valence-corrected chi connectivity index (χ2v) is 28.8. The van der Waals surface area contributed by atoms with Crippen LogP contribution in [-0.2, 0) is 65.4 Å². The van der Waals surface area contributed by atoms with Crippen molar-refractivity contribution < 1.29 is 80.2 Å². The molecule has 0 saturated heterocycles. The Morgan fingerprint density at radius 1 is 0.269 bits per heavy atom. The van der Waals surface area contributed by atoms with Crippen molar-refractivity contribution in [1.82, 2.24) is 0 Å². The molecule has 3 N–H and O–H groups in total. The van der Waals surface area contributed by atoms with Gasteiger partial charge in [-0.1, -0.05) is 286 Å². The number of hydrogen-bond donors (Lipinski definition) is 3. The third-order valence-corrected chi connectivity index (χ3v) is 17.7. The minimum Gasteiger partial charge on any atom is -0.462 e.